The first-order chi connectivity index (χ1) is 11.5. The molecule has 0 bridgehead atoms. The molecule has 0 radical (unpaired) electrons. The van der Waals surface area contributed by atoms with Crippen LogP contribution in [0.4, 0.5) is 0 Å². The van der Waals surface area contributed by atoms with Crippen molar-refractivity contribution in [1.29, 1.82) is 0 Å². The molecule has 1 heterocycles. The Kier molecular flexibility index (Phi) is 4.35. The van der Waals surface area contributed by atoms with E-state index >= 15 is 0 Å². The van der Waals surface area contributed by atoms with Crippen LogP contribution in [0.1, 0.15) is 23.2 Å². The number of carbonyl (C=O) groups excluding carboxylic acids is 1. The van der Waals surface area contributed by atoms with Gasteiger partial charge < -0.3 is 9.15 Å². The number of nitrogens with zero attached hydrogens (tertiary/aromatic N) is 1. The molecule has 6 nitrogen and oxygen atoms in total. The van der Waals surface area contributed by atoms with Crippen molar-refractivity contribution in [3.05, 3.63) is 60.0 Å². The van der Waals surface area contributed by atoms with E-state index in [0.717, 1.165) is 0 Å². The number of fused-ring (bicyclic) bond motifs is 1. The highest BCUT2D eigenvalue weighted by atomic mass is 32.2. The molecular formula is C17H15NO5S. The monoisotopic (exact) mass is 345 g/mol. The third-order valence-electron chi connectivity index (χ3n) is 3.49. The lowest BCUT2D eigenvalue weighted by Crippen LogP contribution is -2.13. The summed E-state index contributed by atoms with van der Waals surface area (Å²) < 4.78 is 34.8. The molecule has 0 spiro atoms. The van der Waals surface area contributed by atoms with Crippen molar-refractivity contribution in [2.75, 3.05) is 5.75 Å². The van der Waals surface area contributed by atoms with E-state index in [1.165, 1.54) is 19.1 Å². The predicted molar refractivity (Wildman–Crippen MR) is 87.3 cm³/mol. The minimum absolute atomic E-state index is 0.00969. The van der Waals surface area contributed by atoms with Crippen LogP contribution in [-0.4, -0.2) is 25.1 Å². The second-order valence-electron chi connectivity index (χ2n) is 5.05. The van der Waals surface area contributed by atoms with E-state index in [9.17, 15) is 13.2 Å². The number of sulfone groups is 1. The molecule has 0 saturated heterocycles. The van der Waals surface area contributed by atoms with E-state index in [1.54, 1.807) is 24.3 Å². The van der Waals surface area contributed by atoms with Gasteiger partial charge in [0.2, 0.25) is 5.89 Å². The third-order valence-corrected chi connectivity index (χ3v) is 5.27. The van der Waals surface area contributed by atoms with Crippen molar-refractivity contribution in [3.63, 3.8) is 0 Å². The van der Waals surface area contributed by atoms with Crippen molar-refractivity contribution in [3.8, 4) is 0 Å². The average molecular weight is 345 g/mol. The van der Waals surface area contributed by atoms with Crippen molar-refractivity contribution in [2.24, 2.45) is 0 Å². The van der Waals surface area contributed by atoms with Gasteiger partial charge in [-0.15, -0.1) is 0 Å². The molecule has 0 atom stereocenters. The maximum absolute atomic E-state index is 12.3. The van der Waals surface area contributed by atoms with Gasteiger partial charge in [0.15, 0.2) is 22.0 Å². The van der Waals surface area contributed by atoms with E-state index < -0.39 is 15.8 Å². The van der Waals surface area contributed by atoms with Gasteiger partial charge >= 0.3 is 5.97 Å². The van der Waals surface area contributed by atoms with E-state index in [1.807, 2.05) is 12.1 Å². The molecule has 7 heteroatoms. The van der Waals surface area contributed by atoms with Crippen molar-refractivity contribution < 1.29 is 22.4 Å². The Bertz CT molecular complexity index is 958. The lowest BCUT2D eigenvalue weighted by Gasteiger charge is -2.08. The van der Waals surface area contributed by atoms with Crippen LogP contribution in [0.25, 0.3) is 11.1 Å². The summed E-state index contributed by atoms with van der Waals surface area (Å²) >= 11 is 0. The number of ether oxygens (including phenoxy) is 1. The summed E-state index contributed by atoms with van der Waals surface area (Å²) in [6, 6.07) is 13.2. The smallest absolute Gasteiger partial charge is 0.339 e. The first-order valence-corrected chi connectivity index (χ1v) is 9.00. The topological polar surface area (TPSA) is 86.5 Å². The number of esters is 1. The first kappa shape index (κ1) is 16.2. The van der Waals surface area contributed by atoms with Gasteiger partial charge in [0.25, 0.3) is 0 Å². The van der Waals surface area contributed by atoms with E-state index in [2.05, 4.69) is 4.98 Å². The molecule has 0 saturated carbocycles. The fourth-order valence-electron chi connectivity index (χ4n) is 2.25. The van der Waals surface area contributed by atoms with E-state index in [-0.39, 0.29) is 28.7 Å². The van der Waals surface area contributed by atoms with Crippen LogP contribution >= 0.6 is 0 Å². The third kappa shape index (κ3) is 3.16. The van der Waals surface area contributed by atoms with Crippen LogP contribution in [0.15, 0.2) is 57.8 Å². The minimum atomic E-state index is -3.52. The highest BCUT2D eigenvalue weighted by molar-refractivity contribution is 7.91. The molecule has 0 amide bonds. The SMILES string of the molecule is CCS(=O)(=O)c1ccccc1C(=O)OCc1nc2ccccc2o1. The van der Waals surface area contributed by atoms with Crippen LogP contribution in [0.2, 0.25) is 0 Å². The molecule has 24 heavy (non-hydrogen) atoms. The number of hydrogen-bond acceptors (Lipinski definition) is 6. The van der Waals surface area contributed by atoms with Gasteiger partial charge in [-0.05, 0) is 24.3 Å². The molecular weight excluding hydrogens is 330 g/mol. The zero-order chi connectivity index (χ0) is 17.2. The Hall–Kier alpha value is -2.67. The van der Waals surface area contributed by atoms with Gasteiger partial charge in [-0.3, -0.25) is 0 Å². The van der Waals surface area contributed by atoms with Crippen LogP contribution in [0.3, 0.4) is 0 Å². The number of benzene rings is 2. The van der Waals surface area contributed by atoms with Crippen LogP contribution in [0, 0.1) is 0 Å². The fraction of sp³-hybridized carbons (Fsp3) is 0.176. The second kappa shape index (κ2) is 6.45. The van der Waals surface area contributed by atoms with Gasteiger partial charge in [-0.2, -0.15) is 0 Å². The highest BCUT2D eigenvalue weighted by Gasteiger charge is 2.22. The highest BCUT2D eigenvalue weighted by Crippen LogP contribution is 2.19. The zero-order valence-electron chi connectivity index (χ0n) is 12.9. The molecule has 3 rings (SSSR count). The molecule has 1 aromatic heterocycles. The zero-order valence-corrected chi connectivity index (χ0v) is 13.7. The summed E-state index contributed by atoms with van der Waals surface area (Å²) in [5.74, 6) is -0.576. The van der Waals surface area contributed by atoms with Crippen LogP contribution in [-0.2, 0) is 21.2 Å². The number of oxazole rings is 1. The molecule has 2 aromatic carbocycles. The Morgan fingerprint density at radius 1 is 1.12 bits per heavy atom. The summed E-state index contributed by atoms with van der Waals surface area (Å²) in [7, 11) is -3.52. The maximum atomic E-state index is 12.3. The normalized spacial score (nSPS) is 11.5. The lowest BCUT2D eigenvalue weighted by molar-refractivity contribution is 0.0436. The van der Waals surface area contributed by atoms with Crippen molar-refractivity contribution in [2.45, 2.75) is 18.4 Å². The summed E-state index contributed by atoms with van der Waals surface area (Å²) in [6.07, 6.45) is 0. The van der Waals surface area contributed by atoms with Gasteiger partial charge in [-0.25, -0.2) is 18.2 Å². The number of para-hydroxylation sites is 2. The van der Waals surface area contributed by atoms with E-state index in [4.69, 9.17) is 9.15 Å². The molecule has 0 N–H and O–H groups in total. The molecule has 124 valence electrons. The van der Waals surface area contributed by atoms with Gasteiger partial charge in [0, 0.05) is 0 Å². The van der Waals surface area contributed by atoms with Gasteiger partial charge in [0.1, 0.15) is 5.52 Å². The lowest BCUT2D eigenvalue weighted by atomic mass is 10.2. The Labute approximate surface area is 139 Å². The number of aromatic nitrogens is 1. The standard InChI is InChI=1S/C17H15NO5S/c1-2-24(20,21)15-10-6-3-7-12(15)17(19)22-11-16-18-13-8-4-5-9-14(13)23-16/h3-10H,2,11H2,1H3. The van der Waals surface area contributed by atoms with Gasteiger partial charge in [-0.1, -0.05) is 31.2 Å². The minimum Gasteiger partial charge on any atom is -0.452 e. The molecule has 0 fully saturated rings. The largest absolute Gasteiger partial charge is 0.452 e. The second-order valence-corrected chi connectivity index (χ2v) is 7.30. The van der Waals surface area contributed by atoms with E-state index in [0.29, 0.717) is 11.1 Å². The predicted octanol–water partition coefficient (Wildman–Crippen LogP) is 2.98. The molecule has 0 aliphatic heterocycles. The van der Waals surface area contributed by atoms with Gasteiger partial charge in [0.05, 0.1) is 16.2 Å². The molecule has 3 aromatic rings. The molecule has 0 aliphatic carbocycles. The molecule has 0 unspecified atom stereocenters. The van der Waals surface area contributed by atoms with Crippen LogP contribution in [0.5, 0.6) is 0 Å². The number of carbonyl (C=O) groups is 1. The number of rotatable bonds is 5. The average Bonchev–Trinajstić information content (AvgIpc) is 3.02. The Morgan fingerprint density at radius 2 is 1.83 bits per heavy atom. The summed E-state index contributed by atoms with van der Waals surface area (Å²) in [5.41, 5.74) is 1.27. The van der Waals surface area contributed by atoms with Crippen molar-refractivity contribution >= 4 is 26.9 Å². The quantitative estimate of drug-likeness (QED) is 0.661. The summed E-state index contributed by atoms with van der Waals surface area (Å²) in [4.78, 5) is 16.4. The Balaban J connectivity index is 1.81. The summed E-state index contributed by atoms with van der Waals surface area (Å²) in [6.45, 7) is 1.35. The molecule has 0 aliphatic rings. The van der Waals surface area contributed by atoms with Crippen LogP contribution < -0.4 is 0 Å². The first-order valence-electron chi connectivity index (χ1n) is 7.34. The fourth-order valence-corrected chi connectivity index (χ4v) is 3.33. The van der Waals surface area contributed by atoms with Crippen molar-refractivity contribution in [1.82, 2.24) is 4.98 Å². The maximum Gasteiger partial charge on any atom is 0.339 e. The Morgan fingerprint density at radius 3 is 2.58 bits per heavy atom. The number of hydrogen-bond donors (Lipinski definition) is 0. The summed E-state index contributed by atoms with van der Waals surface area (Å²) in [5, 5.41) is 0.